The van der Waals surface area contributed by atoms with Crippen LogP contribution in [0.25, 0.3) is 10.9 Å². The topological polar surface area (TPSA) is 85.2 Å². The van der Waals surface area contributed by atoms with Gasteiger partial charge in [0, 0.05) is 0 Å². The molecule has 6 nitrogen and oxygen atoms in total. The molecule has 0 aliphatic carbocycles. The van der Waals surface area contributed by atoms with Gasteiger partial charge in [0.1, 0.15) is 5.75 Å². The van der Waals surface area contributed by atoms with Crippen molar-refractivity contribution >= 4 is 16.6 Å². The first-order valence-corrected chi connectivity index (χ1v) is 5.06. The number of hydrogen-bond acceptors (Lipinski definition) is 4. The molecule has 0 bridgehead atoms. The fraction of sp³-hybridized carbons (Fsp3) is 0.182. The van der Waals surface area contributed by atoms with E-state index in [9.17, 15) is 14.9 Å². The number of pyridine rings is 1. The van der Waals surface area contributed by atoms with Crippen molar-refractivity contribution in [1.29, 1.82) is 0 Å². The largest absolute Gasteiger partial charge is 0.492 e. The van der Waals surface area contributed by atoms with Crippen LogP contribution in [0.3, 0.4) is 0 Å². The summed E-state index contributed by atoms with van der Waals surface area (Å²) in [7, 11) is 0. The van der Waals surface area contributed by atoms with E-state index in [4.69, 9.17) is 4.74 Å². The molecule has 0 saturated carbocycles. The number of fused-ring (bicyclic) bond motifs is 1. The summed E-state index contributed by atoms with van der Waals surface area (Å²) < 4.78 is 5.33. The molecular weight excluding hydrogens is 224 g/mol. The summed E-state index contributed by atoms with van der Waals surface area (Å²) in [6.07, 6.45) is 1.09. The van der Waals surface area contributed by atoms with Gasteiger partial charge in [0.2, 0.25) is 0 Å². The van der Waals surface area contributed by atoms with Crippen LogP contribution < -0.4 is 10.2 Å². The first-order valence-electron chi connectivity index (χ1n) is 5.06. The maximum atomic E-state index is 11.8. The number of nitrogens with zero attached hydrogens (tertiary/aromatic N) is 1. The predicted molar refractivity (Wildman–Crippen MR) is 62.4 cm³/mol. The van der Waals surface area contributed by atoms with E-state index in [1.165, 1.54) is 6.07 Å². The van der Waals surface area contributed by atoms with Crippen LogP contribution in [-0.2, 0) is 0 Å². The zero-order valence-corrected chi connectivity index (χ0v) is 9.10. The van der Waals surface area contributed by atoms with Crippen LogP contribution in [-0.4, -0.2) is 16.5 Å². The fourth-order valence-corrected chi connectivity index (χ4v) is 1.62. The van der Waals surface area contributed by atoms with Crippen LogP contribution in [0.5, 0.6) is 5.75 Å². The predicted octanol–water partition coefficient (Wildman–Crippen LogP) is 1.83. The standard InChI is InChI=1S/C11H10N2O4/c1-2-17-9-5-3-4-7-10(9)12-6-8(11(7)14)13(15)16/h3-6H,2H2,1H3,(H,12,14). The molecule has 0 fully saturated rings. The molecular formula is C11H10N2O4. The second-order valence-electron chi connectivity index (χ2n) is 3.37. The minimum Gasteiger partial charge on any atom is -0.492 e. The van der Waals surface area contributed by atoms with Gasteiger partial charge in [0.25, 0.3) is 5.43 Å². The summed E-state index contributed by atoms with van der Waals surface area (Å²) in [5.74, 6) is 0.511. The Morgan fingerprint density at radius 2 is 2.24 bits per heavy atom. The smallest absolute Gasteiger partial charge is 0.332 e. The summed E-state index contributed by atoms with van der Waals surface area (Å²) in [4.78, 5) is 24.5. The van der Waals surface area contributed by atoms with Crippen LogP contribution in [0.4, 0.5) is 5.69 Å². The van der Waals surface area contributed by atoms with Gasteiger partial charge in [-0.15, -0.1) is 0 Å². The first kappa shape index (κ1) is 11.1. The number of benzene rings is 1. The third-order valence-electron chi connectivity index (χ3n) is 2.35. The molecule has 17 heavy (non-hydrogen) atoms. The van der Waals surface area contributed by atoms with Gasteiger partial charge in [-0.05, 0) is 19.1 Å². The summed E-state index contributed by atoms with van der Waals surface area (Å²) in [6.45, 7) is 2.28. The molecule has 2 aromatic rings. The maximum Gasteiger partial charge on any atom is 0.332 e. The molecule has 0 saturated heterocycles. The molecule has 88 valence electrons. The highest BCUT2D eigenvalue weighted by Crippen LogP contribution is 2.22. The monoisotopic (exact) mass is 234 g/mol. The lowest BCUT2D eigenvalue weighted by Crippen LogP contribution is -2.09. The number of aromatic nitrogens is 1. The number of nitrogens with one attached hydrogen (secondary N) is 1. The molecule has 0 atom stereocenters. The summed E-state index contributed by atoms with van der Waals surface area (Å²) in [6, 6.07) is 4.86. The molecule has 0 aliphatic rings. The lowest BCUT2D eigenvalue weighted by molar-refractivity contribution is -0.386. The minimum atomic E-state index is -0.703. The number of rotatable bonds is 3. The van der Waals surface area contributed by atoms with Crippen LogP contribution in [0.1, 0.15) is 6.92 Å². The van der Waals surface area contributed by atoms with Crippen molar-refractivity contribution in [3.8, 4) is 5.75 Å². The van der Waals surface area contributed by atoms with E-state index in [0.717, 1.165) is 6.20 Å². The Hall–Kier alpha value is -2.37. The molecule has 1 aromatic heterocycles. The van der Waals surface area contributed by atoms with E-state index in [2.05, 4.69) is 4.98 Å². The van der Waals surface area contributed by atoms with Crippen LogP contribution in [0.15, 0.2) is 29.2 Å². The highest BCUT2D eigenvalue weighted by atomic mass is 16.6. The fourth-order valence-electron chi connectivity index (χ4n) is 1.62. The molecule has 0 unspecified atom stereocenters. The first-order chi connectivity index (χ1) is 8.15. The molecule has 0 aliphatic heterocycles. The molecule has 2 rings (SSSR count). The number of hydrogen-bond donors (Lipinski definition) is 1. The van der Waals surface area contributed by atoms with Crippen molar-refractivity contribution in [3.05, 3.63) is 44.7 Å². The number of H-pyrrole nitrogens is 1. The lowest BCUT2D eigenvalue weighted by Gasteiger charge is -2.06. The average Bonchev–Trinajstić information content (AvgIpc) is 2.30. The number of para-hydroxylation sites is 1. The molecule has 0 amide bonds. The number of nitro groups is 1. The normalized spacial score (nSPS) is 10.4. The zero-order valence-electron chi connectivity index (χ0n) is 9.10. The summed E-state index contributed by atoms with van der Waals surface area (Å²) >= 11 is 0. The van der Waals surface area contributed by atoms with E-state index in [1.807, 2.05) is 6.92 Å². The molecule has 1 aromatic carbocycles. The van der Waals surface area contributed by atoms with Gasteiger partial charge in [0.05, 0.1) is 28.6 Å². The van der Waals surface area contributed by atoms with E-state index in [0.29, 0.717) is 17.9 Å². The van der Waals surface area contributed by atoms with Gasteiger partial charge < -0.3 is 9.72 Å². The Labute approximate surface area is 96.0 Å². The third-order valence-corrected chi connectivity index (χ3v) is 2.35. The zero-order chi connectivity index (χ0) is 12.4. The Morgan fingerprint density at radius 3 is 2.88 bits per heavy atom. The van der Waals surface area contributed by atoms with Gasteiger partial charge >= 0.3 is 5.69 Å². The molecule has 0 spiro atoms. The number of ether oxygens (including phenoxy) is 1. The quantitative estimate of drug-likeness (QED) is 0.648. The Kier molecular flexibility index (Phi) is 2.78. The van der Waals surface area contributed by atoms with Crippen molar-refractivity contribution in [2.24, 2.45) is 0 Å². The second-order valence-corrected chi connectivity index (χ2v) is 3.37. The average molecular weight is 234 g/mol. The Morgan fingerprint density at radius 1 is 1.47 bits per heavy atom. The van der Waals surface area contributed by atoms with Crippen molar-refractivity contribution < 1.29 is 9.66 Å². The molecule has 6 heteroatoms. The highest BCUT2D eigenvalue weighted by Gasteiger charge is 2.16. The minimum absolute atomic E-state index is 0.255. The van der Waals surface area contributed by atoms with Gasteiger partial charge in [-0.25, -0.2) is 0 Å². The third kappa shape index (κ3) is 1.84. The van der Waals surface area contributed by atoms with Gasteiger partial charge in [-0.2, -0.15) is 0 Å². The SMILES string of the molecule is CCOc1cccc2c(=O)c([N+](=O)[O-])c[nH]c12. The summed E-state index contributed by atoms with van der Waals surface area (Å²) in [5.41, 5.74) is -0.596. The second kappa shape index (κ2) is 4.25. The summed E-state index contributed by atoms with van der Waals surface area (Å²) in [5, 5.41) is 10.9. The maximum absolute atomic E-state index is 11.8. The number of aromatic amines is 1. The molecule has 1 heterocycles. The molecule has 0 radical (unpaired) electrons. The van der Waals surface area contributed by atoms with Gasteiger partial charge in [0.15, 0.2) is 0 Å². The molecule has 1 N–H and O–H groups in total. The van der Waals surface area contributed by atoms with Crippen molar-refractivity contribution in [1.82, 2.24) is 4.98 Å². The Balaban J connectivity index is 2.76. The van der Waals surface area contributed by atoms with E-state index in [1.54, 1.807) is 12.1 Å². The van der Waals surface area contributed by atoms with Crippen molar-refractivity contribution in [2.75, 3.05) is 6.61 Å². The van der Waals surface area contributed by atoms with E-state index in [-0.39, 0.29) is 5.39 Å². The van der Waals surface area contributed by atoms with Gasteiger partial charge in [-0.1, -0.05) is 6.07 Å². The van der Waals surface area contributed by atoms with Gasteiger partial charge in [-0.3, -0.25) is 14.9 Å². The van der Waals surface area contributed by atoms with Crippen LogP contribution >= 0.6 is 0 Å². The van der Waals surface area contributed by atoms with Crippen LogP contribution in [0.2, 0.25) is 0 Å². The van der Waals surface area contributed by atoms with E-state index >= 15 is 0 Å². The van der Waals surface area contributed by atoms with Crippen LogP contribution in [0, 0.1) is 10.1 Å². The van der Waals surface area contributed by atoms with E-state index < -0.39 is 16.0 Å². The highest BCUT2D eigenvalue weighted by molar-refractivity contribution is 5.85. The van der Waals surface area contributed by atoms with Crippen molar-refractivity contribution in [3.63, 3.8) is 0 Å². The lowest BCUT2D eigenvalue weighted by atomic mass is 10.2. The van der Waals surface area contributed by atoms with Crippen molar-refractivity contribution in [2.45, 2.75) is 6.92 Å². The Bertz CT molecular complexity index is 633.